The number of carbonyl (C=O) groups excluding carboxylic acids is 1. The summed E-state index contributed by atoms with van der Waals surface area (Å²) in [4.78, 5) is 22.7. The van der Waals surface area contributed by atoms with E-state index in [0.29, 0.717) is 10.7 Å². The van der Waals surface area contributed by atoms with Crippen molar-refractivity contribution in [2.24, 2.45) is 5.41 Å². The van der Waals surface area contributed by atoms with E-state index in [1.807, 2.05) is 0 Å². The molecule has 6 heteroatoms. The van der Waals surface area contributed by atoms with Gasteiger partial charge in [0.2, 0.25) is 5.91 Å². The molecule has 0 saturated carbocycles. The predicted octanol–water partition coefficient (Wildman–Crippen LogP) is 3.54. The van der Waals surface area contributed by atoms with Crippen molar-refractivity contribution in [3.63, 3.8) is 0 Å². The summed E-state index contributed by atoms with van der Waals surface area (Å²) in [7, 11) is 0. The summed E-state index contributed by atoms with van der Waals surface area (Å²) in [5.74, 6) is -1.40. The number of carbonyl (C=O) groups is 2. The molecule has 0 saturated heterocycles. The minimum absolute atomic E-state index is 0.120. The van der Waals surface area contributed by atoms with Crippen molar-refractivity contribution in [1.82, 2.24) is 0 Å². The zero-order chi connectivity index (χ0) is 13.9. The zero-order valence-electron chi connectivity index (χ0n) is 9.96. The number of rotatable bonds is 4. The van der Waals surface area contributed by atoms with Crippen LogP contribution in [0.5, 0.6) is 0 Å². The van der Waals surface area contributed by atoms with E-state index >= 15 is 0 Å². The topological polar surface area (TPSA) is 66.4 Å². The number of benzene rings is 1. The Balaban J connectivity index is 2.77. The average Bonchev–Trinajstić information content (AvgIpc) is 2.22. The van der Waals surface area contributed by atoms with Crippen LogP contribution in [0.15, 0.2) is 22.7 Å². The minimum atomic E-state index is -1.11. The lowest BCUT2D eigenvalue weighted by Gasteiger charge is -2.18. The molecule has 0 spiro atoms. The van der Waals surface area contributed by atoms with E-state index in [1.54, 1.807) is 18.2 Å². The Kier molecular flexibility index (Phi) is 4.76. The van der Waals surface area contributed by atoms with Crippen LogP contribution in [0, 0.1) is 5.41 Å². The van der Waals surface area contributed by atoms with Gasteiger partial charge in [0.15, 0.2) is 0 Å². The molecular weight excluding hydrogens is 321 g/mol. The van der Waals surface area contributed by atoms with Crippen LogP contribution in [-0.2, 0) is 9.59 Å². The molecule has 1 amide bonds. The Morgan fingerprint density at radius 2 is 2.06 bits per heavy atom. The Hall–Kier alpha value is -1.07. The van der Waals surface area contributed by atoms with Crippen LogP contribution >= 0.6 is 27.5 Å². The molecule has 0 aliphatic carbocycles. The number of halogens is 2. The first-order valence-electron chi connectivity index (χ1n) is 5.20. The van der Waals surface area contributed by atoms with E-state index < -0.39 is 11.4 Å². The van der Waals surface area contributed by atoms with E-state index in [-0.39, 0.29) is 12.3 Å². The van der Waals surface area contributed by atoms with Crippen LogP contribution in [0.3, 0.4) is 0 Å². The molecule has 0 unspecified atom stereocenters. The molecule has 0 heterocycles. The summed E-state index contributed by atoms with van der Waals surface area (Å²) >= 11 is 9.19. The molecule has 98 valence electrons. The monoisotopic (exact) mass is 333 g/mol. The van der Waals surface area contributed by atoms with Crippen LogP contribution in [0.4, 0.5) is 5.69 Å². The summed E-state index contributed by atoms with van der Waals surface area (Å²) in [5.41, 5.74) is -0.653. The van der Waals surface area contributed by atoms with Gasteiger partial charge in [-0.25, -0.2) is 0 Å². The molecule has 0 aliphatic heterocycles. The number of hydrogen-bond donors (Lipinski definition) is 2. The van der Waals surface area contributed by atoms with E-state index in [2.05, 4.69) is 21.2 Å². The highest BCUT2D eigenvalue weighted by Crippen LogP contribution is 2.27. The fourth-order valence-corrected chi connectivity index (χ4v) is 1.79. The molecule has 1 aromatic carbocycles. The number of anilines is 1. The summed E-state index contributed by atoms with van der Waals surface area (Å²) in [6, 6.07) is 5.05. The fourth-order valence-electron chi connectivity index (χ4n) is 1.26. The Bertz CT molecular complexity index is 488. The first kappa shape index (κ1) is 15.0. The van der Waals surface area contributed by atoms with Crippen molar-refractivity contribution >= 4 is 45.1 Å². The van der Waals surface area contributed by atoms with Gasteiger partial charge in [0, 0.05) is 10.9 Å². The van der Waals surface area contributed by atoms with Crippen LogP contribution in [0.25, 0.3) is 0 Å². The lowest BCUT2D eigenvalue weighted by Crippen LogP contribution is -2.29. The van der Waals surface area contributed by atoms with Gasteiger partial charge in [0.05, 0.1) is 16.1 Å². The SMILES string of the molecule is CC(C)(CC(=O)Nc1cc(Br)ccc1Cl)C(=O)O. The highest BCUT2D eigenvalue weighted by Gasteiger charge is 2.30. The molecule has 0 atom stereocenters. The van der Waals surface area contributed by atoms with Crippen LogP contribution in [-0.4, -0.2) is 17.0 Å². The second kappa shape index (κ2) is 5.71. The molecule has 0 aromatic heterocycles. The molecule has 4 nitrogen and oxygen atoms in total. The molecule has 0 bridgehead atoms. The molecule has 1 rings (SSSR count). The van der Waals surface area contributed by atoms with Gasteiger partial charge in [-0.05, 0) is 32.0 Å². The van der Waals surface area contributed by atoms with Crippen molar-refractivity contribution < 1.29 is 14.7 Å². The van der Waals surface area contributed by atoms with Crippen LogP contribution in [0.2, 0.25) is 5.02 Å². The van der Waals surface area contributed by atoms with Crippen LogP contribution in [0.1, 0.15) is 20.3 Å². The van der Waals surface area contributed by atoms with Crippen molar-refractivity contribution in [3.8, 4) is 0 Å². The fraction of sp³-hybridized carbons (Fsp3) is 0.333. The third-order valence-electron chi connectivity index (χ3n) is 2.38. The van der Waals surface area contributed by atoms with Gasteiger partial charge >= 0.3 is 5.97 Å². The standard InChI is InChI=1S/C12H13BrClNO3/c1-12(2,11(17)18)6-10(16)15-9-5-7(13)3-4-8(9)14/h3-5H,6H2,1-2H3,(H,15,16)(H,17,18). The highest BCUT2D eigenvalue weighted by molar-refractivity contribution is 9.10. The number of carboxylic acid groups (broad SMARTS) is 1. The maximum Gasteiger partial charge on any atom is 0.309 e. The molecule has 0 aliphatic rings. The summed E-state index contributed by atoms with van der Waals surface area (Å²) in [5, 5.41) is 11.9. The van der Waals surface area contributed by atoms with Gasteiger partial charge in [-0.2, -0.15) is 0 Å². The van der Waals surface area contributed by atoms with Gasteiger partial charge in [-0.15, -0.1) is 0 Å². The van der Waals surface area contributed by atoms with E-state index in [4.69, 9.17) is 16.7 Å². The Morgan fingerprint density at radius 1 is 1.44 bits per heavy atom. The van der Waals surface area contributed by atoms with Gasteiger partial charge < -0.3 is 10.4 Å². The molecule has 2 N–H and O–H groups in total. The highest BCUT2D eigenvalue weighted by atomic mass is 79.9. The quantitative estimate of drug-likeness (QED) is 0.885. The Morgan fingerprint density at radius 3 is 2.61 bits per heavy atom. The van der Waals surface area contributed by atoms with Crippen LogP contribution < -0.4 is 5.32 Å². The van der Waals surface area contributed by atoms with E-state index in [0.717, 1.165) is 4.47 Å². The van der Waals surface area contributed by atoms with Crippen molar-refractivity contribution in [2.45, 2.75) is 20.3 Å². The number of nitrogens with one attached hydrogen (secondary N) is 1. The molecule has 0 radical (unpaired) electrons. The predicted molar refractivity (Wildman–Crippen MR) is 73.8 cm³/mol. The largest absolute Gasteiger partial charge is 0.481 e. The third kappa shape index (κ3) is 3.99. The summed E-state index contributed by atoms with van der Waals surface area (Å²) < 4.78 is 0.777. The first-order valence-corrected chi connectivity index (χ1v) is 6.38. The van der Waals surface area contributed by atoms with Gasteiger partial charge in [-0.3, -0.25) is 9.59 Å². The molecule has 0 fully saturated rings. The maximum absolute atomic E-state index is 11.7. The first-order chi connectivity index (χ1) is 8.22. The third-order valence-corrected chi connectivity index (χ3v) is 3.21. The molecular formula is C12H13BrClNO3. The number of aliphatic carboxylic acids is 1. The summed E-state index contributed by atoms with van der Waals surface area (Å²) in [6.45, 7) is 2.99. The van der Waals surface area contributed by atoms with Crippen molar-refractivity contribution in [3.05, 3.63) is 27.7 Å². The molecule has 1 aromatic rings. The number of hydrogen-bond acceptors (Lipinski definition) is 2. The van der Waals surface area contributed by atoms with Crippen molar-refractivity contribution in [1.29, 1.82) is 0 Å². The lowest BCUT2D eigenvalue weighted by atomic mass is 9.89. The lowest BCUT2D eigenvalue weighted by molar-refractivity contribution is -0.148. The minimum Gasteiger partial charge on any atom is -0.481 e. The second-order valence-electron chi connectivity index (χ2n) is 4.54. The van der Waals surface area contributed by atoms with Crippen molar-refractivity contribution in [2.75, 3.05) is 5.32 Å². The van der Waals surface area contributed by atoms with Gasteiger partial charge in [0.1, 0.15) is 0 Å². The van der Waals surface area contributed by atoms with Gasteiger partial charge in [-0.1, -0.05) is 27.5 Å². The van der Waals surface area contributed by atoms with E-state index in [1.165, 1.54) is 13.8 Å². The normalized spacial score (nSPS) is 11.1. The average molecular weight is 335 g/mol. The number of amides is 1. The zero-order valence-corrected chi connectivity index (χ0v) is 12.3. The number of carboxylic acids is 1. The second-order valence-corrected chi connectivity index (χ2v) is 5.86. The van der Waals surface area contributed by atoms with Gasteiger partial charge in [0.25, 0.3) is 0 Å². The van der Waals surface area contributed by atoms with E-state index in [9.17, 15) is 9.59 Å². The smallest absolute Gasteiger partial charge is 0.309 e. The Labute approximate surface area is 118 Å². The molecule has 18 heavy (non-hydrogen) atoms. The maximum atomic E-state index is 11.7. The summed E-state index contributed by atoms with van der Waals surface area (Å²) in [6.07, 6.45) is -0.120.